The van der Waals surface area contributed by atoms with E-state index >= 15 is 0 Å². The van der Waals surface area contributed by atoms with E-state index in [4.69, 9.17) is 0 Å². The zero-order valence-electron chi connectivity index (χ0n) is 10.8. The van der Waals surface area contributed by atoms with Crippen LogP contribution in [0.25, 0.3) is 0 Å². The molecule has 1 saturated carbocycles. The van der Waals surface area contributed by atoms with Gasteiger partial charge in [0.2, 0.25) is 0 Å². The Kier molecular flexibility index (Phi) is 3.03. The molecule has 1 aromatic carbocycles. The molecule has 0 spiro atoms. The summed E-state index contributed by atoms with van der Waals surface area (Å²) < 4.78 is 13.1. The summed E-state index contributed by atoms with van der Waals surface area (Å²) in [5, 5.41) is 10.7. The molecule has 2 atom stereocenters. The average Bonchev–Trinajstić information content (AvgIpc) is 2.34. The van der Waals surface area contributed by atoms with Gasteiger partial charge in [0.1, 0.15) is 5.82 Å². The molecule has 0 amide bonds. The molecule has 1 aromatic rings. The van der Waals surface area contributed by atoms with Crippen LogP contribution in [0, 0.1) is 17.2 Å². The minimum atomic E-state index is -0.683. The zero-order chi connectivity index (χ0) is 12.7. The Morgan fingerprint density at radius 3 is 2.65 bits per heavy atom. The minimum absolute atomic E-state index is 0.182. The van der Waals surface area contributed by atoms with Crippen LogP contribution >= 0.6 is 0 Å². The van der Waals surface area contributed by atoms with Crippen LogP contribution < -0.4 is 0 Å². The SMILES string of the molecule is CC1CC(C)(C)CC1(O)Cc1cccc(F)c1. The van der Waals surface area contributed by atoms with Gasteiger partial charge in [-0.2, -0.15) is 0 Å². The van der Waals surface area contributed by atoms with E-state index in [0.717, 1.165) is 18.4 Å². The van der Waals surface area contributed by atoms with E-state index in [1.54, 1.807) is 6.07 Å². The molecule has 17 heavy (non-hydrogen) atoms. The van der Waals surface area contributed by atoms with E-state index in [2.05, 4.69) is 20.8 Å². The van der Waals surface area contributed by atoms with Crippen molar-refractivity contribution < 1.29 is 9.50 Å². The molecule has 1 fully saturated rings. The van der Waals surface area contributed by atoms with Gasteiger partial charge >= 0.3 is 0 Å². The summed E-state index contributed by atoms with van der Waals surface area (Å²) in [6, 6.07) is 6.56. The van der Waals surface area contributed by atoms with Crippen molar-refractivity contribution >= 4 is 0 Å². The van der Waals surface area contributed by atoms with Crippen LogP contribution in [-0.4, -0.2) is 10.7 Å². The number of halogens is 1. The van der Waals surface area contributed by atoms with Gasteiger partial charge in [0, 0.05) is 6.42 Å². The maximum absolute atomic E-state index is 13.1. The predicted molar refractivity (Wildman–Crippen MR) is 67.2 cm³/mol. The van der Waals surface area contributed by atoms with Gasteiger partial charge < -0.3 is 5.11 Å². The lowest BCUT2D eigenvalue weighted by Crippen LogP contribution is -2.34. The van der Waals surface area contributed by atoms with E-state index in [1.807, 2.05) is 6.07 Å². The Hall–Kier alpha value is -0.890. The quantitative estimate of drug-likeness (QED) is 0.832. The summed E-state index contributed by atoms with van der Waals surface area (Å²) in [5.74, 6) is 0.0387. The molecule has 0 aliphatic heterocycles. The van der Waals surface area contributed by atoms with Crippen LogP contribution in [0.1, 0.15) is 39.2 Å². The number of hydrogen-bond donors (Lipinski definition) is 1. The van der Waals surface area contributed by atoms with Crippen molar-refractivity contribution in [1.29, 1.82) is 0 Å². The molecule has 0 radical (unpaired) electrons. The lowest BCUT2D eigenvalue weighted by atomic mass is 9.84. The third kappa shape index (κ3) is 2.68. The molecule has 1 aliphatic carbocycles. The Balaban J connectivity index is 2.18. The second-order valence-corrected chi connectivity index (χ2v) is 6.36. The molecule has 1 nitrogen and oxygen atoms in total. The van der Waals surface area contributed by atoms with Crippen molar-refractivity contribution in [3.8, 4) is 0 Å². The Bertz CT molecular complexity index is 413. The van der Waals surface area contributed by atoms with Gasteiger partial charge in [-0.15, -0.1) is 0 Å². The second kappa shape index (κ2) is 4.09. The number of hydrogen-bond acceptors (Lipinski definition) is 1. The maximum Gasteiger partial charge on any atom is 0.123 e. The highest BCUT2D eigenvalue weighted by molar-refractivity contribution is 5.20. The monoisotopic (exact) mass is 236 g/mol. The normalized spacial score (nSPS) is 31.7. The van der Waals surface area contributed by atoms with Crippen molar-refractivity contribution in [3.05, 3.63) is 35.6 Å². The van der Waals surface area contributed by atoms with Crippen molar-refractivity contribution in [2.24, 2.45) is 11.3 Å². The average molecular weight is 236 g/mol. The zero-order valence-corrected chi connectivity index (χ0v) is 10.8. The van der Waals surface area contributed by atoms with E-state index in [1.165, 1.54) is 12.1 Å². The van der Waals surface area contributed by atoms with Crippen molar-refractivity contribution in [1.82, 2.24) is 0 Å². The lowest BCUT2D eigenvalue weighted by molar-refractivity contribution is 0.00441. The van der Waals surface area contributed by atoms with Gasteiger partial charge in [-0.3, -0.25) is 0 Å². The summed E-state index contributed by atoms with van der Waals surface area (Å²) in [5.41, 5.74) is 0.385. The third-order valence-electron chi connectivity index (χ3n) is 3.96. The fraction of sp³-hybridized carbons (Fsp3) is 0.600. The molecule has 2 heteroatoms. The predicted octanol–water partition coefficient (Wildman–Crippen LogP) is 3.56. The molecule has 0 heterocycles. The van der Waals surface area contributed by atoms with Gasteiger partial charge in [-0.1, -0.05) is 32.9 Å². The fourth-order valence-electron chi connectivity index (χ4n) is 3.33. The van der Waals surface area contributed by atoms with Gasteiger partial charge in [-0.25, -0.2) is 4.39 Å². The van der Waals surface area contributed by atoms with Gasteiger partial charge in [-0.05, 0) is 41.9 Å². The summed E-state index contributed by atoms with van der Waals surface area (Å²) in [6.45, 7) is 6.47. The molecule has 1 aliphatic rings. The summed E-state index contributed by atoms with van der Waals surface area (Å²) >= 11 is 0. The fourth-order valence-corrected chi connectivity index (χ4v) is 3.33. The van der Waals surface area contributed by atoms with Crippen LogP contribution in [0.4, 0.5) is 4.39 Å². The highest BCUT2D eigenvalue weighted by atomic mass is 19.1. The first-order valence-corrected chi connectivity index (χ1v) is 6.28. The number of aliphatic hydroxyl groups is 1. The number of benzene rings is 1. The van der Waals surface area contributed by atoms with Gasteiger partial charge in [0.05, 0.1) is 5.60 Å². The Labute approximate surface area is 103 Å². The van der Waals surface area contributed by atoms with Crippen LogP contribution in [0.15, 0.2) is 24.3 Å². The Morgan fingerprint density at radius 1 is 1.41 bits per heavy atom. The first-order valence-electron chi connectivity index (χ1n) is 6.28. The molecular weight excluding hydrogens is 215 g/mol. The molecule has 0 saturated heterocycles. The molecule has 2 rings (SSSR count). The smallest absolute Gasteiger partial charge is 0.123 e. The summed E-state index contributed by atoms with van der Waals surface area (Å²) in [6.07, 6.45) is 2.37. The number of rotatable bonds is 2. The van der Waals surface area contributed by atoms with E-state index in [0.29, 0.717) is 6.42 Å². The highest BCUT2D eigenvalue weighted by Gasteiger charge is 2.47. The van der Waals surface area contributed by atoms with E-state index in [-0.39, 0.29) is 17.2 Å². The first kappa shape index (κ1) is 12.6. The van der Waals surface area contributed by atoms with E-state index < -0.39 is 5.60 Å². The largest absolute Gasteiger partial charge is 0.389 e. The first-order chi connectivity index (χ1) is 7.81. The second-order valence-electron chi connectivity index (χ2n) is 6.36. The van der Waals surface area contributed by atoms with Crippen molar-refractivity contribution in [3.63, 3.8) is 0 Å². The molecule has 0 bridgehead atoms. The molecule has 2 unspecified atom stereocenters. The van der Waals surface area contributed by atoms with Crippen LogP contribution in [0.5, 0.6) is 0 Å². The molecule has 1 N–H and O–H groups in total. The van der Waals surface area contributed by atoms with Crippen LogP contribution in [-0.2, 0) is 6.42 Å². The van der Waals surface area contributed by atoms with Crippen molar-refractivity contribution in [2.75, 3.05) is 0 Å². The van der Waals surface area contributed by atoms with Crippen LogP contribution in [0.2, 0.25) is 0 Å². The summed E-state index contributed by atoms with van der Waals surface area (Å²) in [4.78, 5) is 0. The minimum Gasteiger partial charge on any atom is -0.389 e. The third-order valence-corrected chi connectivity index (χ3v) is 3.96. The van der Waals surface area contributed by atoms with Crippen molar-refractivity contribution in [2.45, 2.75) is 45.6 Å². The standard InChI is InChI=1S/C15H21FO/c1-11-8-14(2,3)10-15(11,17)9-12-5-4-6-13(16)7-12/h4-7,11,17H,8-10H2,1-3H3. The maximum atomic E-state index is 13.1. The molecule has 0 aromatic heterocycles. The lowest BCUT2D eigenvalue weighted by Gasteiger charge is -2.28. The Morgan fingerprint density at radius 2 is 2.12 bits per heavy atom. The highest BCUT2D eigenvalue weighted by Crippen LogP contribution is 2.48. The van der Waals surface area contributed by atoms with Gasteiger partial charge in [0.25, 0.3) is 0 Å². The van der Waals surface area contributed by atoms with Crippen LogP contribution in [0.3, 0.4) is 0 Å². The summed E-state index contributed by atoms with van der Waals surface area (Å²) in [7, 11) is 0. The topological polar surface area (TPSA) is 20.2 Å². The molecule has 94 valence electrons. The molecular formula is C15H21FO. The van der Waals surface area contributed by atoms with E-state index in [9.17, 15) is 9.50 Å². The van der Waals surface area contributed by atoms with Gasteiger partial charge in [0.15, 0.2) is 0 Å².